The molecule has 0 atom stereocenters. The third-order valence-electron chi connectivity index (χ3n) is 5.42. The van der Waals surface area contributed by atoms with Crippen molar-refractivity contribution in [1.82, 2.24) is 10.2 Å². The van der Waals surface area contributed by atoms with Gasteiger partial charge in [0.05, 0.1) is 6.61 Å². The molecule has 1 N–H and O–H groups in total. The van der Waals surface area contributed by atoms with Gasteiger partial charge in [-0.2, -0.15) is 0 Å². The lowest BCUT2D eigenvalue weighted by Gasteiger charge is -2.32. The van der Waals surface area contributed by atoms with Gasteiger partial charge in [0.1, 0.15) is 5.75 Å². The van der Waals surface area contributed by atoms with Crippen LogP contribution in [0.2, 0.25) is 0 Å². The number of hydrogen-bond donors (Lipinski definition) is 1. The summed E-state index contributed by atoms with van der Waals surface area (Å²) in [4.78, 5) is 2.58. The first kappa shape index (κ1) is 16.6. The number of rotatable bonds is 5. The summed E-state index contributed by atoms with van der Waals surface area (Å²) in [6.07, 6.45) is 3.53. The number of hydrogen-bond acceptors (Lipinski definition) is 3. The second-order valence-electron chi connectivity index (χ2n) is 7.46. The lowest BCUT2D eigenvalue weighted by Crippen LogP contribution is -2.41. The number of fused-ring (bicyclic) bond motifs is 1. The first-order valence-corrected chi connectivity index (χ1v) is 9.52. The lowest BCUT2D eigenvalue weighted by atomic mass is 10.0. The standard InChI is InChI=1S/C22H28N2O/c1-17-3-2-4-19(13-17)16-24-10-7-21(8-11-24)23-15-18-5-6-22-20(14-18)9-12-25-22/h2-6,13-14,21,23H,7-12,15-16H2,1H3. The molecule has 2 aliphatic rings. The smallest absolute Gasteiger partial charge is 0.122 e. The summed E-state index contributed by atoms with van der Waals surface area (Å²) in [6, 6.07) is 16.2. The molecule has 2 aromatic rings. The second-order valence-corrected chi connectivity index (χ2v) is 7.46. The summed E-state index contributed by atoms with van der Waals surface area (Å²) in [5.41, 5.74) is 5.54. The van der Waals surface area contributed by atoms with E-state index in [4.69, 9.17) is 4.74 Å². The Kier molecular flexibility index (Phi) is 5.04. The highest BCUT2D eigenvalue weighted by Crippen LogP contribution is 2.26. The van der Waals surface area contributed by atoms with Crippen LogP contribution in [0.5, 0.6) is 5.75 Å². The molecule has 132 valence electrons. The average Bonchev–Trinajstić information content (AvgIpc) is 3.09. The number of nitrogens with one attached hydrogen (secondary N) is 1. The molecular weight excluding hydrogens is 308 g/mol. The highest BCUT2D eigenvalue weighted by Gasteiger charge is 2.19. The fraction of sp³-hybridized carbons (Fsp3) is 0.455. The van der Waals surface area contributed by atoms with Crippen LogP contribution in [-0.2, 0) is 19.5 Å². The topological polar surface area (TPSA) is 24.5 Å². The number of piperidine rings is 1. The van der Waals surface area contributed by atoms with Crippen LogP contribution in [0.25, 0.3) is 0 Å². The summed E-state index contributed by atoms with van der Waals surface area (Å²) in [6.45, 7) is 7.43. The van der Waals surface area contributed by atoms with E-state index in [2.05, 4.69) is 59.6 Å². The van der Waals surface area contributed by atoms with Gasteiger partial charge in [-0.05, 0) is 55.6 Å². The average molecular weight is 336 g/mol. The first-order chi connectivity index (χ1) is 12.3. The van der Waals surface area contributed by atoms with Crippen LogP contribution in [0, 0.1) is 6.92 Å². The van der Waals surface area contributed by atoms with Gasteiger partial charge in [0, 0.05) is 25.6 Å². The van der Waals surface area contributed by atoms with Crippen molar-refractivity contribution in [3.8, 4) is 5.75 Å². The van der Waals surface area contributed by atoms with Gasteiger partial charge in [0.25, 0.3) is 0 Å². The number of aryl methyl sites for hydroxylation is 1. The zero-order chi connectivity index (χ0) is 17.1. The van der Waals surface area contributed by atoms with Crippen LogP contribution in [0.1, 0.15) is 35.1 Å². The molecule has 2 aromatic carbocycles. The zero-order valence-electron chi connectivity index (χ0n) is 15.1. The molecule has 0 saturated carbocycles. The summed E-state index contributed by atoms with van der Waals surface area (Å²) < 4.78 is 5.59. The zero-order valence-corrected chi connectivity index (χ0v) is 15.1. The monoisotopic (exact) mass is 336 g/mol. The highest BCUT2D eigenvalue weighted by atomic mass is 16.5. The maximum Gasteiger partial charge on any atom is 0.122 e. The van der Waals surface area contributed by atoms with Gasteiger partial charge in [-0.25, -0.2) is 0 Å². The molecule has 0 radical (unpaired) electrons. The van der Waals surface area contributed by atoms with Gasteiger partial charge in [0.15, 0.2) is 0 Å². The predicted octanol–water partition coefficient (Wildman–Crippen LogP) is 3.68. The summed E-state index contributed by atoms with van der Waals surface area (Å²) in [7, 11) is 0. The van der Waals surface area contributed by atoms with Gasteiger partial charge in [0.2, 0.25) is 0 Å². The molecule has 2 aliphatic heterocycles. The Bertz CT molecular complexity index is 720. The lowest BCUT2D eigenvalue weighted by molar-refractivity contribution is 0.190. The summed E-state index contributed by atoms with van der Waals surface area (Å²) in [5.74, 6) is 1.08. The third kappa shape index (κ3) is 4.23. The van der Waals surface area contributed by atoms with Crippen molar-refractivity contribution in [2.75, 3.05) is 19.7 Å². The predicted molar refractivity (Wildman–Crippen MR) is 102 cm³/mol. The summed E-state index contributed by atoms with van der Waals surface area (Å²) >= 11 is 0. The van der Waals surface area contributed by atoms with Gasteiger partial charge < -0.3 is 10.1 Å². The van der Waals surface area contributed by atoms with Crippen LogP contribution < -0.4 is 10.1 Å². The molecule has 25 heavy (non-hydrogen) atoms. The third-order valence-corrected chi connectivity index (χ3v) is 5.42. The van der Waals surface area contributed by atoms with Gasteiger partial charge in [-0.1, -0.05) is 42.0 Å². The molecule has 0 bridgehead atoms. The maximum absolute atomic E-state index is 5.59. The Morgan fingerprint density at radius 2 is 1.96 bits per heavy atom. The number of benzene rings is 2. The molecule has 0 aliphatic carbocycles. The molecule has 3 nitrogen and oxygen atoms in total. The van der Waals surface area contributed by atoms with Crippen molar-refractivity contribution >= 4 is 0 Å². The van der Waals surface area contributed by atoms with Crippen molar-refractivity contribution in [3.63, 3.8) is 0 Å². The van der Waals surface area contributed by atoms with Gasteiger partial charge in [-0.3, -0.25) is 4.90 Å². The van der Waals surface area contributed by atoms with Crippen molar-refractivity contribution in [2.45, 2.75) is 45.3 Å². The highest BCUT2D eigenvalue weighted by molar-refractivity contribution is 5.39. The molecule has 4 rings (SSSR count). The Morgan fingerprint density at radius 1 is 1.08 bits per heavy atom. The summed E-state index contributed by atoms with van der Waals surface area (Å²) in [5, 5.41) is 3.76. The van der Waals surface area contributed by atoms with Gasteiger partial charge >= 0.3 is 0 Å². The molecule has 0 unspecified atom stereocenters. The van der Waals surface area contributed by atoms with E-state index < -0.39 is 0 Å². The quantitative estimate of drug-likeness (QED) is 0.901. The normalized spacial score (nSPS) is 18.1. The molecule has 0 amide bonds. The number of nitrogens with zero attached hydrogens (tertiary/aromatic N) is 1. The van der Waals surface area contributed by atoms with E-state index in [1.54, 1.807) is 0 Å². The SMILES string of the molecule is Cc1cccc(CN2CCC(NCc3ccc4c(c3)CCO4)CC2)c1. The van der Waals surface area contributed by atoms with Crippen LogP contribution >= 0.6 is 0 Å². The Labute approximate surface area is 151 Å². The van der Waals surface area contributed by atoms with Crippen molar-refractivity contribution in [2.24, 2.45) is 0 Å². The van der Waals surface area contributed by atoms with E-state index in [1.165, 1.54) is 48.2 Å². The largest absolute Gasteiger partial charge is 0.493 e. The van der Waals surface area contributed by atoms with E-state index in [0.29, 0.717) is 6.04 Å². The minimum absolute atomic E-state index is 0.637. The molecular formula is C22H28N2O. The Hall–Kier alpha value is -1.84. The van der Waals surface area contributed by atoms with Crippen LogP contribution in [0.4, 0.5) is 0 Å². The molecule has 2 heterocycles. The number of ether oxygens (including phenoxy) is 1. The molecule has 0 aromatic heterocycles. The minimum atomic E-state index is 0.637. The Balaban J connectivity index is 1.24. The molecule has 3 heteroatoms. The molecule has 1 fully saturated rings. The fourth-order valence-electron chi connectivity index (χ4n) is 3.98. The van der Waals surface area contributed by atoms with Crippen molar-refractivity contribution in [1.29, 1.82) is 0 Å². The van der Waals surface area contributed by atoms with E-state index >= 15 is 0 Å². The maximum atomic E-state index is 5.59. The van der Waals surface area contributed by atoms with Crippen molar-refractivity contribution in [3.05, 3.63) is 64.7 Å². The first-order valence-electron chi connectivity index (χ1n) is 9.52. The van der Waals surface area contributed by atoms with Crippen LogP contribution in [-0.4, -0.2) is 30.6 Å². The Morgan fingerprint density at radius 3 is 2.80 bits per heavy atom. The van der Waals surface area contributed by atoms with Gasteiger partial charge in [-0.15, -0.1) is 0 Å². The van der Waals surface area contributed by atoms with Crippen LogP contribution in [0.3, 0.4) is 0 Å². The van der Waals surface area contributed by atoms with E-state index in [9.17, 15) is 0 Å². The van der Waals surface area contributed by atoms with E-state index in [-0.39, 0.29) is 0 Å². The fourth-order valence-corrected chi connectivity index (χ4v) is 3.98. The second kappa shape index (κ2) is 7.59. The van der Waals surface area contributed by atoms with Crippen LogP contribution in [0.15, 0.2) is 42.5 Å². The molecule has 0 spiro atoms. The van der Waals surface area contributed by atoms with Crippen molar-refractivity contribution < 1.29 is 4.74 Å². The van der Waals surface area contributed by atoms with E-state index in [0.717, 1.165) is 31.9 Å². The number of likely N-dealkylation sites (tertiary alicyclic amines) is 1. The molecule has 1 saturated heterocycles. The minimum Gasteiger partial charge on any atom is -0.493 e. The van der Waals surface area contributed by atoms with E-state index in [1.807, 2.05) is 0 Å².